The summed E-state index contributed by atoms with van der Waals surface area (Å²) in [5.41, 5.74) is 0.0849. The monoisotopic (exact) mass is 256 g/mol. The molecule has 0 aromatic rings. The van der Waals surface area contributed by atoms with Gasteiger partial charge in [-0.05, 0) is 45.7 Å². The second-order valence-electron chi connectivity index (χ2n) is 5.94. The first-order chi connectivity index (χ1) is 8.67. The Labute approximate surface area is 113 Å². The van der Waals surface area contributed by atoms with Gasteiger partial charge in [0.25, 0.3) is 0 Å². The molecule has 0 aromatic heterocycles. The third-order valence-electron chi connectivity index (χ3n) is 4.79. The lowest BCUT2D eigenvalue weighted by molar-refractivity contribution is 0.107. The molecule has 0 spiro atoms. The van der Waals surface area contributed by atoms with Crippen LogP contribution >= 0.6 is 0 Å². The molecule has 3 nitrogen and oxygen atoms in total. The van der Waals surface area contributed by atoms with Crippen LogP contribution in [-0.2, 0) is 0 Å². The van der Waals surface area contributed by atoms with Crippen molar-refractivity contribution in [2.75, 3.05) is 32.8 Å². The molecule has 0 aliphatic carbocycles. The van der Waals surface area contributed by atoms with Crippen molar-refractivity contribution in [3.8, 4) is 0 Å². The molecule has 1 aliphatic rings. The average Bonchev–Trinajstić information content (AvgIpc) is 2.45. The van der Waals surface area contributed by atoms with E-state index in [-0.39, 0.29) is 5.41 Å². The Balaban J connectivity index is 2.26. The molecule has 1 saturated heterocycles. The first-order valence-corrected chi connectivity index (χ1v) is 7.73. The highest BCUT2D eigenvalue weighted by molar-refractivity contribution is 4.80. The topological polar surface area (TPSA) is 35.5 Å². The number of hydrogen-bond donors (Lipinski definition) is 2. The number of aliphatic hydroxyl groups excluding tert-OH is 1. The van der Waals surface area contributed by atoms with Crippen LogP contribution in [0.1, 0.15) is 52.9 Å². The van der Waals surface area contributed by atoms with Gasteiger partial charge >= 0.3 is 0 Å². The van der Waals surface area contributed by atoms with Crippen molar-refractivity contribution in [3.05, 3.63) is 0 Å². The van der Waals surface area contributed by atoms with Crippen molar-refractivity contribution in [2.45, 2.75) is 58.9 Å². The number of hydrogen-bond acceptors (Lipinski definition) is 3. The van der Waals surface area contributed by atoms with Crippen molar-refractivity contribution >= 4 is 0 Å². The summed E-state index contributed by atoms with van der Waals surface area (Å²) in [6, 6.07) is 0.621. The van der Waals surface area contributed by atoms with Gasteiger partial charge in [-0.1, -0.05) is 20.3 Å². The highest BCUT2D eigenvalue weighted by Gasteiger charge is 2.25. The maximum absolute atomic E-state index is 9.54. The largest absolute Gasteiger partial charge is 0.396 e. The van der Waals surface area contributed by atoms with E-state index in [0.29, 0.717) is 12.6 Å². The minimum Gasteiger partial charge on any atom is -0.396 e. The summed E-state index contributed by atoms with van der Waals surface area (Å²) in [6.07, 6.45) is 6.20. The van der Waals surface area contributed by atoms with Gasteiger partial charge in [0.1, 0.15) is 0 Å². The van der Waals surface area contributed by atoms with Crippen LogP contribution in [0.25, 0.3) is 0 Å². The minimum absolute atomic E-state index is 0.0849. The molecule has 0 bridgehead atoms. The molecule has 1 atom stereocenters. The fourth-order valence-corrected chi connectivity index (χ4v) is 2.81. The van der Waals surface area contributed by atoms with E-state index in [1.807, 2.05) is 0 Å². The summed E-state index contributed by atoms with van der Waals surface area (Å²) >= 11 is 0. The van der Waals surface area contributed by atoms with E-state index in [0.717, 1.165) is 25.9 Å². The Hall–Kier alpha value is -0.120. The SMILES string of the molecule is CCC(CC)(CO)CNCC(C)N1CCCCC1. The predicted molar refractivity (Wildman–Crippen MR) is 77.9 cm³/mol. The zero-order valence-corrected chi connectivity index (χ0v) is 12.5. The predicted octanol–water partition coefficient (Wildman–Crippen LogP) is 2.25. The first-order valence-electron chi connectivity index (χ1n) is 7.73. The van der Waals surface area contributed by atoms with Crippen molar-refractivity contribution in [1.82, 2.24) is 10.2 Å². The quantitative estimate of drug-likeness (QED) is 0.699. The molecule has 108 valence electrons. The maximum Gasteiger partial charge on any atom is 0.0499 e. The van der Waals surface area contributed by atoms with E-state index in [1.165, 1.54) is 32.4 Å². The van der Waals surface area contributed by atoms with Gasteiger partial charge in [-0.15, -0.1) is 0 Å². The summed E-state index contributed by atoms with van der Waals surface area (Å²) in [5.74, 6) is 0. The van der Waals surface area contributed by atoms with Gasteiger partial charge < -0.3 is 10.4 Å². The van der Waals surface area contributed by atoms with Crippen LogP contribution in [0.2, 0.25) is 0 Å². The average molecular weight is 256 g/mol. The molecule has 1 rings (SSSR count). The van der Waals surface area contributed by atoms with Gasteiger partial charge in [0.2, 0.25) is 0 Å². The minimum atomic E-state index is 0.0849. The summed E-state index contributed by atoms with van der Waals surface area (Å²) in [7, 11) is 0. The van der Waals surface area contributed by atoms with E-state index in [9.17, 15) is 5.11 Å². The molecule has 0 amide bonds. The molecule has 18 heavy (non-hydrogen) atoms. The highest BCUT2D eigenvalue weighted by Crippen LogP contribution is 2.24. The van der Waals surface area contributed by atoms with Gasteiger partial charge in [0.05, 0.1) is 0 Å². The van der Waals surface area contributed by atoms with Crippen LogP contribution in [0.4, 0.5) is 0 Å². The van der Waals surface area contributed by atoms with Gasteiger partial charge in [-0.25, -0.2) is 0 Å². The number of rotatable bonds is 8. The van der Waals surface area contributed by atoms with E-state index in [2.05, 4.69) is 31.0 Å². The normalized spacial score (nSPS) is 20.0. The van der Waals surface area contributed by atoms with Crippen LogP contribution in [0.5, 0.6) is 0 Å². The van der Waals surface area contributed by atoms with Gasteiger partial charge in [0.15, 0.2) is 0 Å². The van der Waals surface area contributed by atoms with E-state index in [4.69, 9.17) is 0 Å². The standard InChI is InChI=1S/C15H32N2O/c1-4-15(5-2,13-18)12-16-11-14(3)17-9-7-6-8-10-17/h14,16,18H,4-13H2,1-3H3. The number of piperidine rings is 1. The van der Waals surface area contributed by atoms with Crippen molar-refractivity contribution < 1.29 is 5.11 Å². The zero-order chi connectivity index (χ0) is 13.4. The Morgan fingerprint density at radius 2 is 1.78 bits per heavy atom. The Morgan fingerprint density at radius 3 is 2.28 bits per heavy atom. The smallest absolute Gasteiger partial charge is 0.0499 e. The third kappa shape index (κ3) is 4.52. The molecule has 0 radical (unpaired) electrons. The van der Waals surface area contributed by atoms with Crippen LogP contribution in [-0.4, -0.2) is 48.8 Å². The fraction of sp³-hybridized carbons (Fsp3) is 1.00. The number of likely N-dealkylation sites (tertiary alicyclic amines) is 1. The van der Waals surface area contributed by atoms with Gasteiger partial charge in [-0.2, -0.15) is 0 Å². The third-order valence-corrected chi connectivity index (χ3v) is 4.79. The maximum atomic E-state index is 9.54. The Bertz CT molecular complexity index is 202. The van der Waals surface area contributed by atoms with E-state index >= 15 is 0 Å². The van der Waals surface area contributed by atoms with E-state index in [1.54, 1.807) is 0 Å². The molecular formula is C15H32N2O. The molecule has 1 unspecified atom stereocenters. The van der Waals surface area contributed by atoms with Crippen molar-refractivity contribution in [3.63, 3.8) is 0 Å². The first kappa shape index (κ1) is 15.9. The number of aliphatic hydroxyl groups is 1. The lowest BCUT2D eigenvalue weighted by atomic mass is 9.83. The summed E-state index contributed by atoms with van der Waals surface area (Å²) < 4.78 is 0. The summed E-state index contributed by atoms with van der Waals surface area (Å²) in [5, 5.41) is 13.1. The molecule has 0 aromatic carbocycles. The Morgan fingerprint density at radius 1 is 1.17 bits per heavy atom. The molecule has 1 heterocycles. The molecular weight excluding hydrogens is 224 g/mol. The number of nitrogens with one attached hydrogen (secondary N) is 1. The van der Waals surface area contributed by atoms with Crippen LogP contribution in [0.3, 0.4) is 0 Å². The van der Waals surface area contributed by atoms with Crippen LogP contribution in [0.15, 0.2) is 0 Å². The lowest BCUT2D eigenvalue weighted by Crippen LogP contribution is -2.46. The second-order valence-corrected chi connectivity index (χ2v) is 5.94. The molecule has 1 aliphatic heterocycles. The summed E-state index contributed by atoms with van der Waals surface area (Å²) in [6.45, 7) is 11.5. The second kappa shape index (κ2) is 8.13. The van der Waals surface area contributed by atoms with E-state index < -0.39 is 0 Å². The van der Waals surface area contributed by atoms with Gasteiger partial charge in [0, 0.05) is 31.2 Å². The molecule has 0 saturated carbocycles. The Kier molecular flexibility index (Phi) is 7.20. The highest BCUT2D eigenvalue weighted by atomic mass is 16.3. The van der Waals surface area contributed by atoms with Crippen molar-refractivity contribution in [1.29, 1.82) is 0 Å². The van der Waals surface area contributed by atoms with Crippen LogP contribution in [0, 0.1) is 5.41 Å². The lowest BCUT2D eigenvalue weighted by Gasteiger charge is -2.34. The number of nitrogens with zero attached hydrogens (tertiary/aromatic N) is 1. The van der Waals surface area contributed by atoms with Crippen LogP contribution < -0.4 is 5.32 Å². The fourth-order valence-electron chi connectivity index (χ4n) is 2.81. The zero-order valence-electron chi connectivity index (χ0n) is 12.5. The molecule has 1 fully saturated rings. The molecule has 3 heteroatoms. The van der Waals surface area contributed by atoms with Crippen molar-refractivity contribution in [2.24, 2.45) is 5.41 Å². The summed E-state index contributed by atoms with van der Waals surface area (Å²) in [4.78, 5) is 2.59. The molecule has 2 N–H and O–H groups in total. The van der Waals surface area contributed by atoms with Gasteiger partial charge in [-0.3, -0.25) is 4.90 Å².